The number of hydrogen-bond acceptors (Lipinski definition) is 2. The highest BCUT2D eigenvalue weighted by molar-refractivity contribution is 5.91. The normalized spacial score (nSPS) is 9.54. The largest absolute Gasteiger partial charge is 0.398 e. The predicted octanol–water partition coefficient (Wildman–Crippen LogP) is 1.53. The van der Waals surface area contributed by atoms with Crippen molar-refractivity contribution in [3.8, 4) is 0 Å². The van der Waals surface area contributed by atoms with Crippen LogP contribution in [0.5, 0.6) is 0 Å². The molecule has 2 aromatic rings. The lowest BCUT2D eigenvalue weighted by molar-refractivity contribution is 1.28. The molecular formula is C9H9ClN2O. The van der Waals surface area contributed by atoms with Crippen molar-refractivity contribution in [2.24, 2.45) is 0 Å². The molecule has 13 heavy (non-hydrogen) atoms. The van der Waals surface area contributed by atoms with Crippen LogP contribution in [0.2, 0.25) is 0 Å². The number of benzene rings is 1. The summed E-state index contributed by atoms with van der Waals surface area (Å²) in [6.45, 7) is 0. The number of pyridine rings is 1. The lowest BCUT2D eigenvalue weighted by Gasteiger charge is -1.98. The number of halogens is 1. The van der Waals surface area contributed by atoms with Crippen molar-refractivity contribution in [2.45, 2.75) is 0 Å². The molecule has 0 aliphatic heterocycles. The first-order valence-corrected chi connectivity index (χ1v) is 3.65. The fraction of sp³-hybridized carbons (Fsp3) is 0. The van der Waals surface area contributed by atoms with Gasteiger partial charge in [0.25, 0.3) is 5.56 Å². The number of aromatic amines is 1. The molecule has 0 saturated carbocycles. The number of nitrogen functional groups attached to an aromatic ring is 1. The van der Waals surface area contributed by atoms with Crippen molar-refractivity contribution >= 4 is 28.9 Å². The Balaban J connectivity index is 0.000000845. The second-order valence-corrected chi connectivity index (χ2v) is 2.62. The molecule has 1 aromatic heterocycles. The van der Waals surface area contributed by atoms with Crippen LogP contribution in [-0.2, 0) is 0 Å². The monoisotopic (exact) mass is 196 g/mol. The van der Waals surface area contributed by atoms with Gasteiger partial charge in [-0.15, -0.1) is 12.4 Å². The summed E-state index contributed by atoms with van der Waals surface area (Å²) in [7, 11) is 0. The van der Waals surface area contributed by atoms with Crippen LogP contribution in [-0.4, -0.2) is 4.98 Å². The van der Waals surface area contributed by atoms with Gasteiger partial charge in [0, 0.05) is 22.7 Å². The van der Waals surface area contributed by atoms with Gasteiger partial charge < -0.3 is 10.7 Å². The Morgan fingerprint density at radius 3 is 2.62 bits per heavy atom. The van der Waals surface area contributed by atoms with E-state index in [1.807, 2.05) is 0 Å². The second-order valence-electron chi connectivity index (χ2n) is 2.62. The third-order valence-electron chi connectivity index (χ3n) is 1.85. The molecule has 0 aliphatic rings. The van der Waals surface area contributed by atoms with Crippen molar-refractivity contribution in [3.05, 3.63) is 40.8 Å². The number of nitrogens with one attached hydrogen (secondary N) is 1. The van der Waals surface area contributed by atoms with Crippen LogP contribution in [0.4, 0.5) is 5.69 Å². The van der Waals surface area contributed by atoms with Crippen molar-refractivity contribution in [2.75, 3.05) is 5.73 Å². The van der Waals surface area contributed by atoms with Crippen molar-refractivity contribution < 1.29 is 0 Å². The van der Waals surface area contributed by atoms with Gasteiger partial charge in [-0.25, -0.2) is 0 Å². The molecule has 0 fully saturated rings. The van der Waals surface area contributed by atoms with Gasteiger partial charge in [0.15, 0.2) is 0 Å². The molecule has 3 N–H and O–H groups in total. The molecule has 0 atom stereocenters. The zero-order valence-electron chi connectivity index (χ0n) is 6.78. The molecule has 4 heteroatoms. The minimum absolute atomic E-state index is 0. The number of aromatic nitrogens is 1. The Kier molecular flexibility index (Phi) is 2.58. The molecule has 1 aromatic carbocycles. The van der Waals surface area contributed by atoms with Gasteiger partial charge in [0.2, 0.25) is 0 Å². The van der Waals surface area contributed by atoms with Gasteiger partial charge >= 0.3 is 0 Å². The lowest BCUT2D eigenvalue weighted by atomic mass is 10.1. The van der Waals surface area contributed by atoms with Crippen LogP contribution in [0, 0.1) is 0 Å². The van der Waals surface area contributed by atoms with E-state index in [9.17, 15) is 4.79 Å². The van der Waals surface area contributed by atoms with Crippen LogP contribution in [0.1, 0.15) is 0 Å². The molecule has 1 heterocycles. The summed E-state index contributed by atoms with van der Waals surface area (Å²) in [6.07, 6.45) is 1.60. The summed E-state index contributed by atoms with van der Waals surface area (Å²) < 4.78 is 0. The molecule has 0 bridgehead atoms. The fourth-order valence-corrected chi connectivity index (χ4v) is 1.25. The standard InChI is InChI=1S/C9H8N2O.ClH/c10-8-3-1-2-7-6(8)4-5-11-9(7)12;/h1-5H,10H2,(H,11,12);1H. The van der Waals surface area contributed by atoms with E-state index in [0.717, 1.165) is 5.39 Å². The van der Waals surface area contributed by atoms with Crippen LogP contribution in [0.15, 0.2) is 35.3 Å². The SMILES string of the molecule is Cl.Nc1cccc2c(=O)[nH]ccc12. The van der Waals surface area contributed by atoms with Crippen LogP contribution in [0.25, 0.3) is 10.8 Å². The Bertz CT molecular complexity index is 478. The van der Waals surface area contributed by atoms with E-state index in [2.05, 4.69) is 4.98 Å². The summed E-state index contributed by atoms with van der Waals surface area (Å²) in [6, 6.07) is 7.10. The number of H-pyrrole nitrogens is 1. The maximum absolute atomic E-state index is 11.2. The molecule has 0 amide bonds. The van der Waals surface area contributed by atoms with Crippen molar-refractivity contribution in [3.63, 3.8) is 0 Å². The molecule has 0 spiro atoms. The molecular weight excluding hydrogens is 188 g/mol. The average molecular weight is 197 g/mol. The number of fused-ring (bicyclic) bond motifs is 1. The van der Waals surface area contributed by atoms with Crippen LogP contribution >= 0.6 is 12.4 Å². The van der Waals surface area contributed by atoms with Gasteiger partial charge in [0.1, 0.15) is 0 Å². The minimum Gasteiger partial charge on any atom is -0.398 e. The highest BCUT2D eigenvalue weighted by Crippen LogP contribution is 2.15. The quantitative estimate of drug-likeness (QED) is 0.628. The fourth-order valence-electron chi connectivity index (χ4n) is 1.25. The molecule has 0 aliphatic carbocycles. The van der Waals surface area contributed by atoms with E-state index in [1.54, 1.807) is 30.5 Å². The smallest absolute Gasteiger partial charge is 0.255 e. The van der Waals surface area contributed by atoms with Crippen molar-refractivity contribution in [1.82, 2.24) is 4.98 Å². The average Bonchev–Trinajstić information content (AvgIpc) is 2.07. The maximum atomic E-state index is 11.2. The van der Waals surface area contributed by atoms with Crippen molar-refractivity contribution in [1.29, 1.82) is 0 Å². The summed E-state index contributed by atoms with van der Waals surface area (Å²) in [5, 5.41) is 1.44. The van der Waals surface area contributed by atoms with Gasteiger partial charge in [-0.3, -0.25) is 4.79 Å². The summed E-state index contributed by atoms with van der Waals surface area (Å²) >= 11 is 0. The first-order chi connectivity index (χ1) is 5.79. The highest BCUT2D eigenvalue weighted by atomic mass is 35.5. The van der Waals surface area contributed by atoms with Gasteiger partial charge in [0.05, 0.1) is 0 Å². The maximum Gasteiger partial charge on any atom is 0.255 e. The Morgan fingerprint density at radius 1 is 1.15 bits per heavy atom. The van der Waals surface area contributed by atoms with E-state index < -0.39 is 0 Å². The van der Waals surface area contributed by atoms with E-state index in [-0.39, 0.29) is 18.0 Å². The van der Waals surface area contributed by atoms with Crippen LogP contribution in [0.3, 0.4) is 0 Å². The first kappa shape index (κ1) is 9.61. The third-order valence-corrected chi connectivity index (χ3v) is 1.85. The number of nitrogens with two attached hydrogens (primary N) is 1. The molecule has 0 radical (unpaired) electrons. The zero-order chi connectivity index (χ0) is 8.55. The van der Waals surface area contributed by atoms with E-state index in [1.165, 1.54) is 0 Å². The highest BCUT2D eigenvalue weighted by Gasteiger charge is 1.98. The second kappa shape index (κ2) is 3.49. The summed E-state index contributed by atoms with van der Waals surface area (Å²) in [5.41, 5.74) is 6.21. The molecule has 0 saturated heterocycles. The topological polar surface area (TPSA) is 58.9 Å². The molecule has 2 rings (SSSR count). The third kappa shape index (κ3) is 1.51. The summed E-state index contributed by atoms with van der Waals surface area (Å²) in [5.74, 6) is 0. The Hall–Kier alpha value is -1.48. The number of rotatable bonds is 0. The molecule has 3 nitrogen and oxygen atoms in total. The van der Waals surface area contributed by atoms with Crippen LogP contribution < -0.4 is 11.3 Å². The summed E-state index contributed by atoms with van der Waals surface area (Å²) in [4.78, 5) is 13.8. The van der Waals surface area contributed by atoms with Gasteiger partial charge in [-0.2, -0.15) is 0 Å². The van der Waals surface area contributed by atoms with Gasteiger partial charge in [-0.05, 0) is 18.2 Å². The minimum atomic E-state index is -0.0974. The lowest BCUT2D eigenvalue weighted by Crippen LogP contribution is -2.04. The number of anilines is 1. The Morgan fingerprint density at radius 2 is 1.92 bits per heavy atom. The number of hydrogen-bond donors (Lipinski definition) is 2. The first-order valence-electron chi connectivity index (χ1n) is 3.65. The van der Waals surface area contributed by atoms with Gasteiger partial charge in [-0.1, -0.05) is 6.07 Å². The van der Waals surface area contributed by atoms with E-state index >= 15 is 0 Å². The zero-order valence-corrected chi connectivity index (χ0v) is 7.60. The van der Waals surface area contributed by atoms with E-state index in [0.29, 0.717) is 11.1 Å². The van der Waals surface area contributed by atoms with E-state index in [4.69, 9.17) is 5.73 Å². The Labute approximate surface area is 81.0 Å². The molecule has 0 unspecified atom stereocenters. The molecule has 68 valence electrons. The predicted molar refractivity (Wildman–Crippen MR) is 56.2 cm³/mol.